The van der Waals surface area contributed by atoms with E-state index >= 15 is 0 Å². The van der Waals surface area contributed by atoms with Crippen LogP contribution in [0.15, 0.2) is 72.8 Å². The maximum atomic E-state index is 13.0. The number of nitrogens with one attached hydrogen (secondary N) is 2. The number of carboxylic acid groups (broad SMARTS) is 1. The van der Waals surface area contributed by atoms with Gasteiger partial charge in [0.1, 0.15) is 12.1 Å². The van der Waals surface area contributed by atoms with E-state index < -0.39 is 29.9 Å². The Morgan fingerprint density at radius 3 is 2.29 bits per heavy atom. The number of fused-ring (bicyclic) bond motifs is 1. The van der Waals surface area contributed by atoms with Gasteiger partial charge < -0.3 is 15.7 Å². The Balaban J connectivity index is 1.74. The normalized spacial score (nSPS) is 23.9. The van der Waals surface area contributed by atoms with Crippen LogP contribution in [-0.2, 0) is 14.4 Å². The molecule has 4 atom stereocenters. The lowest BCUT2D eigenvalue weighted by Crippen LogP contribution is -2.55. The van der Waals surface area contributed by atoms with Crippen LogP contribution < -0.4 is 10.6 Å². The van der Waals surface area contributed by atoms with E-state index in [9.17, 15) is 19.5 Å². The van der Waals surface area contributed by atoms with Crippen LogP contribution in [0.2, 0.25) is 0 Å². The topological polar surface area (TPSA) is 95.5 Å². The summed E-state index contributed by atoms with van der Waals surface area (Å²) in [6.07, 6.45) is 1.61. The quantitative estimate of drug-likeness (QED) is 0.557. The summed E-state index contributed by atoms with van der Waals surface area (Å²) in [5, 5.41) is 17.3. The third-order valence-corrected chi connectivity index (χ3v) is 6.12. The molecule has 0 saturated carbocycles. The molecule has 0 aromatic heterocycles. The SMILES string of the molecule is O=CNC1C(=O)NC(C(=O)O)C(c2ccc3ccccc3c2)CCC1c1ccccc1. The van der Waals surface area contributed by atoms with Gasteiger partial charge >= 0.3 is 5.97 Å². The number of rotatable bonds is 5. The Kier molecular flexibility index (Phi) is 5.98. The van der Waals surface area contributed by atoms with Crippen molar-refractivity contribution in [2.24, 2.45) is 0 Å². The van der Waals surface area contributed by atoms with Crippen LogP contribution in [-0.4, -0.2) is 35.5 Å². The van der Waals surface area contributed by atoms with Crippen molar-refractivity contribution >= 4 is 29.1 Å². The van der Waals surface area contributed by atoms with Gasteiger partial charge in [0.05, 0.1) is 0 Å². The van der Waals surface area contributed by atoms with E-state index in [0.717, 1.165) is 21.9 Å². The van der Waals surface area contributed by atoms with Gasteiger partial charge in [-0.1, -0.05) is 72.8 Å². The molecule has 2 amide bonds. The second-order valence-electron chi connectivity index (χ2n) is 7.89. The van der Waals surface area contributed by atoms with Crippen LogP contribution in [0.1, 0.15) is 35.8 Å². The van der Waals surface area contributed by atoms with Crippen molar-refractivity contribution in [1.29, 1.82) is 0 Å². The molecule has 3 N–H and O–H groups in total. The van der Waals surface area contributed by atoms with E-state index in [1.54, 1.807) is 0 Å². The van der Waals surface area contributed by atoms with Crippen molar-refractivity contribution in [2.75, 3.05) is 0 Å². The van der Waals surface area contributed by atoms with Crippen LogP contribution in [0, 0.1) is 0 Å². The highest BCUT2D eigenvalue weighted by atomic mass is 16.4. The lowest BCUT2D eigenvalue weighted by molar-refractivity contribution is -0.143. The summed E-state index contributed by atoms with van der Waals surface area (Å²) >= 11 is 0. The maximum Gasteiger partial charge on any atom is 0.326 e. The summed E-state index contributed by atoms with van der Waals surface area (Å²) in [7, 11) is 0. The summed E-state index contributed by atoms with van der Waals surface area (Å²) in [4.78, 5) is 36.4. The van der Waals surface area contributed by atoms with Gasteiger partial charge in [0.2, 0.25) is 12.3 Å². The first kappa shape index (κ1) is 20.6. The molecule has 1 aliphatic heterocycles. The molecule has 1 fully saturated rings. The highest BCUT2D eigenvalue weighted by Crippen LogP contribution is 2.35. The first-order valence-corrected chi connectivity index (χ1v) is 10.3. The average Bonchev–Trinajstić information content (AvgIpc) is 2.79. The molecule has 0 radical (unpaired) electrons. The van der Waals surface area contributed by atoms with Crippen LogP contribution in [0.3, 0.4) is 0 Å². The van der Waals surface area contributed by atoms with Gasteiger partial charge in [-0.2, -0.15) is 0 Å². The smallest absolute Gasteiger partial charge is 0.326 e. The molecule has 6 heteroatoms. The van der Waals surface area contributed by atoms with Crippen molar-refractivity contribution in [3.05, 3.63) is 83.9 Å². The van der Waals surface area contributed by atoms with E-state index in [1.165, 1.54) is 0 Å². The molecule has 6 nitrogen and oxygen atoms in total. The number of hydrogen-bond donors (Lipinski definition) is 3. The van der Waals surface area contributed by atoms with Gasteiger partial charge in [0.15, 0.2) is 0 Å². The Labute approximate surface area is 180 Å². The molecule has 1 saturated heterocycles. The Hall–Kier alpha value is -3.67. The molecule has 31 heavy (non-hydrogen) atoms. The van der Waals surface area contributed by atoms with Gasteiger partial charge in [0, 0.05) is 11.8 Å². The van der Waals surface area contributed by atoms with Crippen molar-refractivity contribution in [1.82, 2.24) is 10.6 Å². The molecular formula is C25H24N2O4. The predicted octanol–water partition coefficient (Wildman–Crippen LogP) is 3.19. The highest BCUT2D eigenvalue weighted by molar-refractivity contribution is 5.90. The van der Waals surface area contributed by atoms with E-state index in [4.69, 9.17) is 0 Å². The Bertz CT molecular complexity index is 1100. The van der Waals surface area contributed by atoms with Gasteiger partial charge in [-0.25, -0.2) is 4.79 Å². The molecule has 3 aromatic rings. The molecule has 0 aliphatic carbocycles. The van der Waals surface area contributed by atoms with E-state index in [1.807, 2.05) is 72.8 Å². The van der Waals surface area contributed by atoms with Crippen molar-refractivity contribution in [3.63, 3.8) is 0 Å². The number of carboxylic acids is 1. The second-order valence-corrected chi connectivity index (χ2v) is 7.89. The van der Waals surface area contributed by atoms with E-state index in [2.05, 4.69) is 10.6 Å². The summed E-state index contributed by atoms with van der Waals surface area (Å²) in [6, 6.07) is 21.5. The van der Waals surface area contributed by atoms with Crippen LogP contribution >= 0.6 is 0 Å². The van der Waals surface area contributed by atoms with Crippen LogP contribution in [0.25, 0.3) is 10.8 Å². The fraction of sp³-hybridized carbons (Fsp3) is 0.240. The van der Waals surface area contributed by atoms with Crippen molar-refractivity contribution in [3.8, 4) is 0 Å². The molecule has 158 valence electrons. The van der Waals surface area contributed by atoms with Crippen LogP contribution in [0.4, 0.5) is 0 Å². The van der Waals surface area contributed by atoms with Crippen LogP contribution in [0.5, 0.6) is 0 Å². The fourth-order valence-corrected chi connectivity index (χ4v) is 4.57. The van der Waals surface area contributed by atoms with Gasteiger partial charge in [0.25, 0.3) is 0 Å². The number of carbonyl (C=O) groups is 3. The van der Waals surface area contributed by atoms with Crippen molar-refractivity contribution in [2.45, 2.75) is 36.8 Å². The zero-order valence-electron chi connectivity index (χ0n) is 16.9. The third-order valence-electron chi connectivity index (χ3n) is 6.12. The zero-order chi connectivity index (χ0) is 21.8. The van der Waals surface area contributed by atoms with E-state index in [0.29, 0.717) is 19.3 Å². The van der Waals surface area contributed by atoms with E-state index in [-0.39, 0.29) is 5.92 Å². The average molecular weight is 416 g/mol. The predicted molar refractivity (Wildman–Crippen MR) is 118 cm³/mol. The van der Waals surface area contributed by atoms with Gasteiger partial charge in [-0.05, 0) is 34.7 Å². The fourth-order valence-electron chi connectivity index (χ4n) is 4.57. The lowest BCUT2D eigenvalue weighted by atomic mass is 9.78. The molecule has 1 heterocycles. The number of amides is 2. The minimum absolute atomic E-state index is 0.260. The van der Waals surface area contributed by atoms with Gasteiger partial charge in [-0.3, -0.25) is 9.59 Å². The number of aliphatic carboxylic acids is 1. The molecule has 1 aliphatic rings. The second kappa shape index (κ2) is 9.00. The standard InChI is InChI=1S/C25H24N2O4/c28-15-26-22-20(17-7-2-1-3-8-17)12-13-21(23(25(30)31)27-24(22)29)19-11-10-16-6-4-5-9-18(16)14-19/h1-11,14-15,20-23H,12-13H2,(H,26,28)(H,27,29)(H,30,31). The monoisotopic (exact) mass is 416 g/mol. The molecule has 3 aromatic carbocycles. The molecule has 4 rings (SSSR count). The minimum atomic E-state index is -1.09. The lowest BCUT2D eigenvalue weighted by Gasteiger charge is -2.35. The molecule has 0 bridgehead atoms. The largest absolute Gasteiger partial charge is 0.480 e. The first-order valence-electron chi connectivity index (χ1n) is 10.3. The Morgan fingerprint density at radius 2 is 1.58 bits per heavy atom. The maximum absolute atomic E-state index is 13.0. The number of hydrogen-bond acceptors (Lipinski definition) is 3. The Morgan fingerprint density at radius 1 is 0.903 bits per heavy atom. The summed E-state index contributed by atoms with van der Waals surface area (Å²) in [6.45, 7) is 0. The number of benzene rings is 3. The van der Waals surface area contributed by atoms with Crippen molar-refractivity contribution < 1.29 is 19.5 Å². The summed E-state index contributed by atoms with van der Waals surface area (Å²) in [5.74, 6) is -2.23. The molecule has 4 unspecified atom stereocenters. The third kappa shape index (κ3) is 4.28. The number of carbonyl (C=O) groups excluding carboxylic acids is 2. The highest BCUT2D eigenvalue weighted by Gasteiger charge is 2.39. The summed E-state index contributed by atoms with van der Waals surface area (Å²) in [5.41, 5.74) is 1.81. The molecule has 0 spiro atoms. The first-order chi connectivity index (χ1) is 15.1. The summed E-state index contributed by atoms with van der Waals surface area (Å²) < 4.78 is 0. The minimum Gasteiger partial charge on any atom is -0.480 e. The zero-order valence-corrected chi connectivity index (χ0v) is 16.9. The van der Waals surface area contributed by atoms with Gasteiger partial charge in [-0.15, -0.1) is 0 Å². The molecular weight excluding hydrogens is 392 g/mol.